The predicted octanol–water partition coefficient (Wildman–Crippen LogP) is 0.771. The van der Waals surface area contributed by atoms with Gasteiger partial charge in [0.25, 0.3) is 0 Å². The Balaban J connectivity index is 1.91. The molecule has 0 bridgehead atoms. The Morgan fingerprint density at radius 2 is 2.14 bits per heavy atom. The Labute approximate surface area is 171 Å². The van der Waals surface area contributed by atoms with E-state index in [-0.39, 0.29) is 42.5 Å². The lowest BCUT2D eigenvalue weighted by molar-refractivity contribution is -0.154. The van der Waals surface area contributed by atoms with Gasteiger partial charge in [-0.1, -0.05) is 6.92 Å². The van der Waals surface area contributed by atoms with Crippen LogP contribution in [0.15, 0.2) is 11.6 Å². The van der Waals surface area contributed by atoms with Crippen molar-refractivity contribution in [2.24, 2.45) is 11.6 Å². The maximum atomic E-state index is 11.7. The maximum absolute atomic E-state index is 11.7. The molecule has 1 aliphatic heterocycles. The van der Waals surface area contributed by atoms with Gasteiger partial charge in [-0.05, 0) is 45.3 Å². The van der Waals surface area contributed by atoms with Crippen molar-refractivity contribution in [3.05, 3.63) is 11.6 Å². The number of ether oxygens (including phenoxy) is 3. The molecule has 162 valence electrons. The number of hydrazine groups is 1. The van der Waals surface area contributed by atoms with Gasteiger partial charge in [-0.2, -0.15) is 0 Å². The first-order valence-electron chi connectivity index (χ1n) is 9.87. The number of nitrogens with zero attached hydrogens (tertiary/aromatic N) is 1. The van der Waals surface area contributed by atoms with Gasteiger partial charge in [0.15, 0.2) is 0 Å². The first-order valence-corrected chi connectivity index (χ1v) is 10.9. The molecule has 0 aromatic heterocycles. The summed E-state index contributed by atoms with van der Waals surface area (Å²) in [4.78, 5) is 11.7. The molecule has 2 aliphatic rings. The number of hydrogen-bond donors (Lipinski definition) is 4. The Morgan fingerprint density at radius 1 is 1.39 bits per heavy atom. The van der Waals surface area contributed by atoms with Crippen molar-refractivity contribution in [3.8, 4) is 0 Å². The molecule has 2 rings (SSSR count). The number of esters is 1. The van der Waals surface area contributed by atoms with E-state index in [1.54, 1.807) is 23.9 Å². The minimum Gasteiger partial charge on any atom is -0.481 e. The maximum Gasteiger partial charge on any atom is 0.332 e. The van der Waals surface area contributed by atoms with Crippen molar-refractivity contribution in [3.63, 3.8) is 0 Å². The second kappa shape index (κ2) is 11.1. The van der Waals surface area contributed by atoms with Crippen molar-refractivity contribution >= 4 is 17.7 Å². The summed E-state index contributed by atoms with van der Waals surface area (Å²) in [7, 11) is 1.59. The van der Waals surface area contributed by atoms with E-state index >= 15 is 0 Å². The number of nitrogens with one attached hydrogen (secondary N) is 2. The first-order chi connectivity index (χ1) is 13.3. The van der Waals surface area contributed by atoms with Gasteiger partial charge in [0.05, 0.1) is 19.3 Å². The van der Waals surface area contributed by atoms with Crippen molar-refractivity contribution in [1.29, 1.82) is 0 Å². The molecule has 10 heteroatoms. The topological polar surface area (TPSA) is 124 Å². The van der Waals surface area contributed by atoms with Gasteiger partial charge in [-0.25, -0.2) is 9.80 Å². The van der Waals surface area contributed by atoms with Gasteiger partial charge in [0.2, 0.25) is 5.88 Å². The lowest BCUT2D eigenvalue weighted by Gasteiger charge is -2.40. The van der Waals surface area contributed by atoms with E-state index < -0.39 is 0 Å². The molecule has 0 aromatic rings. The summed E-state index contributed by atoms with van der Waals surface area (Å²) in [5.74, 6) is 7.67. The van der Waals surface area contributed by atoms with Crippen LogP contribution in [0, 0.1) is 0 Å². The largest absolute Gasteiger partial charge is 0.481 e. The zero-order valence-corrected chi connectivity index (χ0v) is 18.1. The van der Waals surface area contributed by atoms with Crippen LogP contribution < -0.4 is 22.2 Å². The lowest BCUT2D eigenvalue weighted by atomic mass is 10.2. The summed E-state index contributed by atoms with van der Waals surface area (Å²) in [5, 5.41) is 8.44. The highest BCUT2D eigenvalue weighted by atomic mass is 32.2. The molecule has 6 N–H and O–H groups in total. The Morgan fingerprint density at radius 3 is 2.79 bits per heavy atom. The van der Waals surface area contributed by atoms with Crippen LogP contribution in [-0.4, -0.2) is 60.4 Å². The van der Waals surface area contributed by atoms with Crippen LogP contribution in [-0.2, 0) is 19.0 Å². The van der Waals surface area contributed by atoms with E-state index in [1.807, 2.05) is 13.8 Å². The van der Waals surface area contributed by atoms with Crippen molar-refractivity contribution in [2.45, 2.75) is 76.4 Å². The lowest BCUT2D eigenvalue weighted by Crippen LogP contribution is -2.63. The molecule has 28 heavy (non-hydrogen) atoms. The van der Waals surface area contributed by atoms with Crippen LogP contribution in [0.25, 0.3) is 0 Å². The second-order valence-corrected chi connectivity index (χ2v) is 8.55. The molecule has 9 nitrogen and oxygen atoms in total. The average Bonchev–Trinajstić information content (AvgIpc) is 3.13. The number of thioether (sulfide) groups is 1. The number of hydrogen-bond acceptors (Lipinski definition) is 10. The summed E-state index contributed by atoms with van der Waals surface area (Å²) in [5.41, 5.74) is 6.78. The minimum atomic E-state index is -0.337. The number of methoxy groups -OCH3 is 1. The Kier molecular flexibility index (Phi) is 9.16. The fourth-order valence-electron chi connectivity index (χ4n) is 3.38. The molecular formula is C18H35N5O4S. The van der Waals surface area contributed by atoms with E-state index in [1.165, 1.54) is 0 Å². The highest BCUT2D eigenvalue weighted by Gasteiger charge is 2.37. The van der Waals surface area contributed by atoms with Gasteiger partial charge in [0, 0.05) is 6.04 Å². The third-order valence-corrected chi connectivity index (χ3v) is 5.93. The van der Waals surface area contributed by atoms with Crippen LogP contribution in [0.4, 0.5) is 0 Å². The molecule has 0 amide bonds. The Hall–Kier alpha value is -1.20. The highest BCUT2D eigenvalue weighted by molar-refractivity contribution is 7.99. The van der Waals surface area contributed by atoms with Gasteiger partial charge < -0.3 is 25.3 Å². The standard InChI is InChI=1S/C18H35N5O4S/c1-5-8-28-18-21-16(15(19)17(22-18)25-4)23(20)12-6-7-13(9-12)26-10-14(24)27-11(2)3/h11-13,16,18,21-22H,5-10,19-20H2,1-4H3/t12-,13+,16?,18?/m0/s1. The van der Waals surface area contributed by atoms with E-state index in [2.05, 4.69) is 17.6 Å². The molecule has 0 saturated heterocycles. The summed E-state index contributed by atoms with van der Waals surface area (Å²) in [6.45, 7) is 5.75. The van der Waals surface area contributed by atoms with Gasteiger partial charge in [-0.3, -0.25) is 11.2 Å². The van der Waals surface area contributed by atoms with Gasteiger partial charge >= 0.3 is 5.97 Å². The third kappa shape index (κ3) is 6.41. The fraction of sp³-hybridized carbons (Fsp3) is 0.833. The fourth-order valence-corrected chi connectivity index (χ4v) is 4.27. The van der Waals surface area contributed by atoms with E-state index in [0.717, 1.165) is 31.4 Å². The van der Waals surface area contributed by atoms with Crippen LogP contribution >= 0.6 is 11.8 Å². The van der Waals surface area contributed by atoms with Crippen LogP contribution in [0.5, 0.6) is 0 Å². The van der Waals surface area contributed by atoms with Crippen molar-refractivity contribution in [1.82, 2.24) is 15.6 Å². The molecule has 0 radical (unpaired) electrons. The zero-order valence-electron chi connectivity index (χ0n) is 17.3. The molecule has 4 atom stereocenters. The molecule has 2 unspecified atom stereocenters. The highest BCUT2D eigenvalue weighted by Crippen LogP contribution is 2.28. The third-order valence-electron chi connectivity index (χ3n) is 4.70. The normalized spacial score (nSPS) is 28.0. The molecular weight excluding hydrogens is 382 g/mol. The molecule has 1 fully saturated rings. The molecule has 1 saturated carbocycles. The molecule has 1 aliphatic carbocycles. The minimum absolute atomic E-state index is 0.0187. The summed E-state index contributed by atoms with van der Waals surface area (Å²) in [6.07, 6.45) is 3.03. The molecule has 0 aromatic carbocycles. The number of carbonyl (C=O) groups excluding carboxylic acids is 1. The van der Waals surface area contributed by atoms with Crippen LogP contribution in [0.3, 0.4) is 0 Å². The van der Waals surface area contributed by atoms with Gasteiger partial charge in [0.1, 0.15) is 24.0 Å². The number of rotatable bonds is 10. The molecule has 1 heterocycles. The smallest absolute Gasteiger partial charge is 0.332 e. The zero-order chi connectivity index (χ0) is 20.7. The van der Waals surface area contributed by atoms with E-state index in [4.69, 9.17) is 25.8 Å². The van der Waals surface area contributed by atoms with Crippen molar-refractivity contribution in [2.75, 3.05) is 19.5 Å². The first kappa shape index (κ1) is 23.1. The van der Waals surface area contributed by atoms with Gasteiger partial charge in [-0.15, -0.1) is 11.8 Å². The SMILES string of the molecule is CCCSC1NC(OC)=C(N)C(N(N)[C@H]2CC[C@@H](OCC(=O)OC(C)C)C2)N1. The van der Waals surface area contributed by atoms with Crippen molar-refractivity contribution < 1.29 is 19.0 Å². The average molecular weight is 418 g/mol. The predicted molar refractivity (Wildman–Crippen MR) is 109 cm³/mol. The summed E-state index contributed by atoms with van der Waals surface area (Å²) < 4.78 is 16.2. The summed E-state index contributed by atoms with van der Waals surface area (Å²) in [6, 6.07) is 0.0928. The Bertz CT molecular complexity index is 548. The van der Waals surface area contributed by atoms with E-state index in [9.17, 15) is 4.79 Å². The number of nitrogens with two attached hydrogens (primary N) is 2. The second-order valence-electron chi connectivity index (χ2n) is 7.34. The molecule has 0 spiro atoms. The summed E-state index contributed by atoms with van der Waals surface area (Å²) >= 11 is 1.75. The van der Waals surface area contributed by atoms with Crippen LogP contribution in [0.1, 0.15) is 46.5 Å². The quantitative estimate of drug-likeness (QED) is 0.230. The monoisotopic (exact) mass is 417 g/mol. The number of carbonyl (C=O) groups is 1. The van der Waals surface area contributed by atoms with Crippen LogP contribution in [0.2, 0.25) is 0 Å². The van der Waals surface area contributed by atoms with E-state index in [0.29, 0.717) is 11.6 Å².